The van der Waals surface area contributed by atoms with E-state index in [0.717, 1.165) is 47.2 Å². The molecule has 2 aromatic heterocycles. The molecule has 0 radical (unpaired) electrons. The third-order valence-electron chi connectivity index (χ3n) is 7.08. The van der Waals surface area contributed by atoms with Gasteiger partial charge in [-0.15, -0.1) is 0 Å². The number of nitrogens with zero attached hydrogens (tertiary/aromatic N) is 3. The fourth-order valence-corrected chi connectivity index (χ4v) is 5.77. The van der Waals surface area contributed by atoms with Crippen LogP contribution in [0, 0.1) is 11.7 Å². The Bertz CT molecular complexity index is 1550. The van der Waals surface area contributed by atoms with Gasteiger partial charge in [0.2, 0.25) is 10.0 Å². The number of piperidine rings is 1. The zero-order valence-electron chi connectivity index (χ0n) is 20.1. The molecule has 192 valence electrons. The molecule has 0 spiro atoms. The second-order valence-corrected chi connectivity index (χ2v) is 11.5. The van der Waals surface area contributed by atoms with Gasteiger partial charge in [-0.1, -0.05) is 12.1 Å². The standard InChI is InChI=1S/C25H27FN8O2S/c1-37(35,36)30-9-14-5-15(7-17(26)6-14)18-3-2-4-20-23(18)32-25(31-20)24-19-8-21(16-10-27-13-28-11-16)29-12-22(19)33-34-24/h2-7,10-11,13,19,21-22,24,29-30,33-34H,8-9,12H2,1H3,(H,31,32). The molecule has 2 aromatic carbocycles. The normalized spacial score (nSPS) is 23.8. The van der Waals surface area contributed by atoms with Gasteiger partial charge in [-0.25, -0.2) is 37.9 Å². The van der Waals surface area contributed by atoms with Crippen molar-refractivity contribution in [2.45, 2.75) is 31.1 Å². The van der Waals surface area contributed by atoms with Gasteiger partial charge in [0.15, 0.2) is 0 Å². The number of sulfonamides is 1. The van der Waals surface area contributed by atoms with E-state index >= 15 is 0 Å². The van der Waals surface area contributed by atoms with Crippen LogP contribution >= 0.6 is 0 Å². The molecule has 0 amide bonds. The summed E-state index contributed by atoms with van der Waals surface area (Å²) in [5, 5.41) is 3.57. The van der Waals surface area contributed by atoms with E-state index in [-0.39, 0.29) is 30.6 Å². The Morgan fingerprint density at radius 3 is 2.78 bits per heavy atom. The average molecular weight is 523 g/mol. The minimum absolute atomic E-state index is 0.00771. The molecule has 10 nitrogen and oxygen atoms in total. The van der Waals surface area contributed by atoms with Crippen molar-refractivity contribution in [1.82, 2.24) is 40.8 Å². The minimum Gasteiger partial charge on any atom is -0.341 e. The molecule has 0 saturated carbocycles. The summed E-state index contributed by atoms with van der Waals surface area (Å²) in [5.74, 6) is 0.645. The molecule has 37 heavy (non-hydrogen) atoms. The summed E-state index contributed by atoms with van der Waals surface area (Å²) >= 11 is 0. The molecular weight excluding hydrogens is 495 g/mol. The van der Waals surface area contributed by atoms with Crippen molar-refractivity contribution in [2.24, 2.45) is 5.92 Å². The van der Waals surface area contributed by atoms with Crippen molar-refractivity contribution in [3.05, 3.63) is 77.9 Å². The molecule has 0 bridgehead atoms. The molecule has 0 aliphatic carbocycles. The first-order valence-electron chi connectivity index (χ1n) is 12.1. The number of aromatic amines is 1. The number of halogens is 1. The van der Waals surface area contributed by atoms with Crippen LogP contribution in [0.15, 0.2) is 55.1 Å². The maximum atomic E-state index is 14.5. The Morgan fingerprint density at radius 1 is 1.14 bits per heavy atom. The quantitative estimate of drug-likeness (QED) is 0.260. The first-order chi connectivity index (χ1) is 17.8. The average Bonchev–Trinajstić information content (AvgIpc) is 3.51. The van der Waals surface area contributed by atoms with E-state index < -0.39 is 15.8 Å². The zero-order chi connectivity index (χ0) is 25.6. The number of para-hydroxylation sites is 1. The third kappa shape index (κ3) is 4.98. The Kier molecular flexibility index (Phi) is 6.21. The first kappa shape index (κ1) is 24.1. The monoisotopic (exact) mass is 522 g/mol. The third-order valence-corrected chi connectivity index (χ3v) is 7.75. The van der Waals surface area contributed by atoms with Gasteiger partial charge in [-0.3, -0.25) is 5.43 Å². The van der Waals surface area contributed by atoms with Crippen LogP contribution in [-0.2, 0) is 16.6 Å². The van der Waals surface area contributed by atoms with Crippen LogP contribution in [0.4, 0.5) is 4.39 Å². The lowest BCUT2D eigenvalue weighted by Crippen LogP contribution is -2.46. The number of nitrogens with one attached hydrogen (secondary N) is 5. The molecule has 4 atom stereocenters. The van der Waals surface area contributed by atoms with Crippen LogP contribution in [0.25, 0.3) is 22.2 Å². The van der Waals surface area contributed by atoms with Gasteiger partial charge in [0, 0.05) is 54.6 Å². The van der Waals surface area contributed by atoms with E-state index in [9.17, 15) is 12.8 Å². The maximum Gasteiger partial charge on any atom is 0.209 e. The summed E-state index contributed by atoms with van der Waals surface area (Å²) < 4.78 is 39.9. The van der Waals surface area contributed by atoms with Gasteiger partial charge < -0.3 is 10.3 Å². The van der Waals surface area contributed by atoms with E-state index in [1.54, 1.807) is 6.07 Å². The lowest BCUT2D eigenvalue weighted by Gasteiger charge is -2.33. The molecular formula is C25H27FN8O2S. The minimum atomic E-state index is -3.40. The van der Waals surface area contributed by atoms with Gasteiger partial charge in [0.25, 0.3) is 0 Å². The van der Waals surface area contributed by atoms with E-state index in [1.165, 1.54) is 18.5 Å². The van der Waals surface area contributed by atoms with Gasteiger partial charge >= 0.3 is 0 Å². The molecule has 6 rings (SSSR count). The highest BCUT2D eigenvalue weighted by Crippen LogP contribution is 2.38. The summed E-state index contributed by atoms with van der Waals surface area (Å²) in [6.45, 7) is 0.806. The Balaban J connectivity index is 1.31. The summed E-state index contributed by atoms with van der Waals surface area (Å²) in [6.07, 6.45) is 7.19. The molecule has 4 aromatic rings. The van der Waals surface area contributed by atoms with Crippen molar-refractivity contribution >= 4 is 21.1 Å². The van der Waals surface area contributed by atoms with Crippen LogP contribution in [-0.4, -0.2) is 47.2 Å². The second-order valence-electron chi connectivity index (χ2n) is 9.67. The van der Waals surface area contributed by atoms with Gasteiger partial charge in [0.1, 0.15) is 18.0 Å². The van der Waals surface area contributed by atoms with Gasteiger partial charge in [-0.2, -0.15) is 0 Å². The molecule has 2 fully saturated rings. The van der Waals surface area contributed by atoms with Crippen molar-refractivity contribution in [3.63, 3.8) is 0 Å². The second kappa shape index (κ2) is 9.54. The number of benzene rings is 2. The highest BCUT2D eigenvalue weighted by atomic mass is 32.2. The SMILES string of the molecule is CS(=O)(=O)NCc1cc(F)cc(-c2cccc3[nH]c(C4NNC5CNC(c6cncnc6)CC54)nc23)c1. The van der Waals surface area contributed by atoms with Crippen LogP contribution in [0.2, 0.25) is 0 Å². The largest absolute Gasteiger partial charge is 0.341 e. The lowest BCUT2D eigenvalue weighted by atomic mass is 9.82. The van der Waals surface area contributed by atoms with Crippen molar-refractivity contribution < 1.29 is 12.8 Å². The first-order valence-corrected chi connectivity index (χ1v) is 14.0. The number of fused-ring (bicyclic) bond motifs is 2. The highest BCUT2D eigenvalue weighted by Gasteiger charge is 2.42. The number of H-pyrrole nitrogens is 1. The predicted octanol–water partition coefficient (Wildman–Crippen LogP) is 2.08. The number of hydrogen-bond donors (Lipinski definition) is 5. The molecule has 2 saturated heterocycles. The van der Waals surface area contributed by atoms with E-state index in [1.807, 2.05) is 30.6 Å². The summed E-state index contributed by atoms with van der Waals surface area (Å²) in [5.41, 5.74) is 11.4. The van der Waals surface area contributed by atoms with Crippen LogP contribution in [0.3, 0.4) is 0 Å². The number of imidazole rings is 1. The fourth-order valence-electron chi connectivity index (χ4n) is 5.34. The molecule has 2 aliphatic heterocycles. The van der Waals surface area contributed by atoms with Crippen LogP contribution in [0.5, 0.6) is 0 Å². The number of rotatable bonds is 6. The number of hydrogen-bond acceptors (Lipinski definition) is 8. The van der Waals surface area contributed by atoms with Gasteiger partial charge in [0.05, 0.1) is 23.3 Å². The van der Waals surface area contributed by atoms with Gasteiger partial charge in [-0.05, 0) is 41.8 Å². The summed E-state index contributed by atoms with van der Waals surface area (Å²) in [6, 6.07) is 10.7. The molecule has 5 N–H and O–H groups in total. The molecule has 2 aliphatic rings. The van der Waals surface area contributed by atoms with Crippen molar-refractivity contribution in [1.29, 1.82) is 0 Å². The smallest absolute Gasteiger partial charge is 0.209 e. The van der Waals surface area contributed by atoms with Crippen molar-refractivity contribution in [2.75, 3.05) is 12.8 Å². The lowest BCUT2D eigenvalue weighted by molar-refractivity contribution is 0.263. The van der Waals surface area contributed by atoms with E-state index in [0.29, 0.717) is 11.1 Å². The summed E-state index contributed by atoms with van der Waals surface area (Å²) in [4.78, 5) is 16.8. The fraction of sp³-hybridized carbons (Fsp3) is 0.320. The topological polar surface area (TPSA) is 137 Å². The van der Waals surface area contributed by atoms with E-state index in [2.05, 4.69) is 35.8 Å². The number of aromatic nitrogens is 4. The predicted molar refractivity (Wildman–Crippen MR) is 137 cm³/mol. The Morgan fingerprint density at radius 2 is 1.97 bits per heavy atom. The summed E-state index contributed by atoms with van der Waals surface area (Å²) in [7, 11) is -3.40. The Labute approximate surface area is 213 Å². The van der Waals surface area contributed by atoms with E-state index in [4.69, 9.17) is 4.98 Å². The number of hydrazine groups is 1. The highest BCUT2D eigenvalue weighted by molar-refractivity contribution is 7.88. The van der Waals surface area contributed by atoms with Crippen LogP contribution < -0.4 is 20.9 Å². The van der Waals surface area contributed by atoms with Crippen LogP contribution in [0.1, 0.15) is 35.5 Å². The maximum absolute atomic E-state index is 14.5. The molecule has 4 unspecified atom stereocenters. The Hall–Kier alpha value is -3.29. The molecule has 12 heteroatoms. The zero-order valence-corrected chi connectivity index (χ0v) is 20.9. The van der Waals surface area contributed by atoms with Crippen molar-refractivity contribution in [3.8, 4) is 11.1 Å². The molecule has 4 heterocycles.